The predicted octanol–water partition coefficient (Wildman–Crippen LogP) is 2.05. The second-order valence-corrected chi connectivity index (χ2v) is 3.13. The first-order chi connectivity index (χ1) is 6.84. The normalized spacial score (nSPS) is 11.1. The molecular weight excluding hydrogens is 178 g/mol. The Labute approximate surface area is 79.6 Å². The Kier molecular flexibility index (Phi) is 1.31. The highest BCUT2D eigenvalue weighted by Crippen LogP contribution is 2.24. The van der Waals surface area contributed by atoms with Crippen molar-refractivity contribution in [1.29, 1.82) is 0 Å². The largest absolute Gasteiger partial charge is 0.871 e. The summed E-state index contributed by atoms with van der Waals surface area (Å²) in [6, 6.07) is 8.85. The summed E-state index contributed by atoms with van der Waals surface area (Å²) in [6.07, 6.45) is 1.57. The van der Waals surface area contributed by atoms with Gasteiger partial charge in [-0.1, -0.05) is 23.9 Å². The molecule has 1 aromatic carbocycles. The minimum atomic E-state index is -0.0687. The summed E-state index contributed by atoms with van der Waals surface area (Å²) in [7, 11) is 0. The van der Waals surface area contributed by atoms with E-state index in [0.717, 1.165) is 10.8 Å². The number of para-hydroxylation sites is 1. The third kappa shape index (κ3) is 0.893. The van der Waals surface area contributed by atoms with Gasteiger partial charge in [0.2, 0.25) is 5.71 Å². The molecule has 0 bridgehead atoms. The van der Waals surface area contributed by atoms with Crippen molar-refractivity contribution in [3.05, 3.63) is 36.6 Å². The van der Waals surface area contributed by atoms with E-state index in [-0.39, 0.29) is 5.75 Å². The second-order valence-electron chi connectivity index (χ2n) is 3.13. The van der Waals surface area contributed by atoms with Gasteiger partial charge >= 0.3 is 0 Å². The van der Waals surface area contributed by atoms with Crippen LogP contribution in [0.3, 0.4) is 0 Å². The molecule has 0 radical (unpaired) electrons. The van der Waals surface area contributed by atoms with Crippen molar-refractivity contribution < 1.29 is 9.52 Å². The summed E-state index contributed by atoms with van der Waals surface area (Å²) in [5, 5.41) is 13.2. The zero-order valence-electron chi connectivity index (χ0n) is 7.23. The lowest BCUT2D eigenvalue weighted by molar-refractivity contribution is -0.266. The molecule has 0 unspecified atom stereocenters. The first-order valence-electron chi connectivity index (χ1n) is 4.28. The molecule has 14 heavy (non-hydrogen) atoms. The van der Waals surface area contributed by atoms with Crippen LogP contribution in [0.1, 0.15) is 0 Å². The molecule has 0 N–H and O–H groups in total. The van der Waals surface area contributed by atoms with Crippen LogP contribution >= 0.6 is 0 Å². The number of fused-ring (bicyclic) bond motifs is 2. The maximum atomic E-state index is 11.4. The minimum Gasteiger partial charge on any atom is -0.871 e. The van der Waals surface area contributed by atoms with E-state index in [4.69, 9.17) is 4.42 Å². The zero-order chi connectivity index (χ0) is 9.54. The third-order valence-corrected chi connectivity index (χ3v) is 2.23. The third-order valence-electron chi connectivity index (χ3n) is 2.23. The summed E-state index contributed by atoms with van der Waals surface area (Å²) < 4.78 is 5.13. The van der Waals surface area contributed by atoms with E-state index in [1.165, 1.54) is 6.07 Å². The zero-order valence-corrected chi connectivity index (χ0v) is 7.23. The molecule has 0 saturated carbocycles. The molecule has 0 aliphatic rings. The number of nitrogens with zero attached hydrogens (tertiary/aromatic N) is 1. The summed E-state index contributed by atoms with van der Waals surface area (Å²) in [5.41, 5.74) is 0.982. The van der Waals surface area contributed by atoms with Crippen LogP contribution in [0, 0.1) is 0 Å². The standard InChI is InChI=1S/C11H7NO2/c13-9-3-1-2-7-6-8-4-5-14-11(8)12-10(7)9/h1-6,13H/p-1. The average molecular weight is 184 g/mol. The van der Waals surface area contributed by atoms with Crippen molar-refractivity contribution in [2.75, 3.05) is 0 Å². The van der Waals surface area contributed by atoms with Crippen LogP contribution in [0.15, 0.2) is 41.0 Å². The summed E-state index contributed by atoms with van der Waals surface area (Å²) in [6.45, 7) is 0. The van der Waals surface area contributed by atoms with Gasteiger partial charge in [-0.05, 0) is 12.1 Å². The van der Waals surface area contributed by atoms with Crippen molar-refractivity contribution in [3.8, 4) is 5.75 Å². The number of benzene rings is 1. The van der Waals surface area contributed by atoms with Crippen LogP contribution in [0.25, 0.3) is 22.0 Å². The highest BCUT2D eigenvalue weighted by molar-refractivity contribution is 5.93. The maximum Gasteiger partial charge on any atom is 0.226 e. The Bertz CT molecular complexity index is 613. The van der Waals surface area contributed by atoms with Crippen molar-refractivity contribution in [2.24, 2.45) is 0 Å². The second kappa shape index (κ2) is 2.48. The highest BCUT2D eigenvalue weighted by Gasteiger charge is 2.01. The lowest BCUT2D eigenvalue weighted by Crippen LogP contribution is -1.92. The van der Waals surface area contributed by atoms with E-state index in [1.54, 1.807) is 12.3 Å². The van der Waals surface area contributed by atoms with Gasteiger partial charge < -0.3 is 9.52 Å². The molecule has 3 aromatic rings. The number of hydrogen-bond acceptors (Lipinski definition) is 3. The molecule has 68 valence electrons. The van der Waals surface area contributed by atoms with Gasteiger partial charge in [0, 0.05) is 10.8 Å². The van der Waals surface area contributed by atoms with Gasteiger partial charge in [-0.15, -0.1) is 0 Å². The number of hydrogen-bond donors (Lipinski definition) is 0. The van der Waals surface area contributed by atoms with E-state index in [0.29, 0.717) is 11.2 Å². The van der Waals surface area contributed by atoms with Crippen LogP contribution in [-0.4, -0.2) is 4.98 Å². The molecule has 0 aliphatic carbocycles. The fourth-order valence-electron chi connectivity index (χ4n) is 1.56. The molecule has 0 spiro atoms. The van der Waals surface area contributed by atoms with Crippen molar-refractivity contribution in [2.45, 2.75) is 0 Å². The summed E-state index contributed by atoms with van der Waals surface area (Å²) in [4.78, 5) is 4.16. The Morgan fingerprint density at radius 1 is 1.14 bits per heavy atom. The van der Waals surface area contributed by atoms with Crippen LogP contribution in [0.5, 0.6) is 5.75 Å². The van der Waals surface area contributed by atoms with Crippen molar-refractivity contribution >= 4 is 22.0 Å². The Balaban J connectivity index is 2.57. The molecule has 2 aromatic heterocycles. The van der Waals surface area contributed by atoms with Gasteiger partial charge in [0.25, 0.3) is 0 Å². The number of aromatic nitrogens is 1. The molecular formula is C11H6NO2-. The van der Waals surface area contributed by atoms with E-state index < -0.39 is 0 Å². The molecule has 3 nitrogen and oxygen atoms in total. The maximum absolute atomic E-state index is 11.4. The van der Waals surface area contributed by atoms with Gasteiger partial charge in [0.15, 0.2) is 0 Å². The molecule has 0 aliphatic heterocycles. The number of furan rings is 1. The number of pyridine rings is 1. The topological polar surface area (TPSA) is 49.1 Å². The quantitative estimate of drug-likeness (QED) is 0.537. The molecule has 0 fully saturated rings. The van der Waals surface area contributed by atoms with Crippen molar-refractivity contribution in [3.63, 3.8) is 0 Å². The fraction of sp³-hybridized carbons (Fsp3) is 0. The van der Waals surface area contributed by atoms with Crippen LogP contribution in [-0.2, 0) is 0 Å². The van der Waals surface area contributed by atoms with Crippen molar-refractivity contribution in [1.82, 2.24) is 4.98 Å². The van der Waals surface area contributed by atoms with E-state index in [2.05, 4.69) is 4.98 Å². The summed E-state index contributed by atoms with van der Waals surface area (Å²) >= 11 is 0. The SMILES string of the molecule is [O-]c1cccc2cc3ccoc3nc12. The van der Waals surface area contributed by atoms with Gasteiger partial charge in [0.05, 0.1) is 11.8 Å². The van der Waals surface area contributed by atoms with Gasteiger partial charge in [-0.2, -0.15) is 0 Å². The lowest BCUT2D eigenvalue weighted by Gasteiger charge is -2.07. The Morgan fingerprint density at radius 3 is 3.00 bits per heavy atom. The van der Waals surface area contributed by atoms with E-state index in [9.17, 15) is 5.11 Å². The van der Waals surface area contributed by atoms with Gasteiger partial charge in [-0.3, -0.25) is 0 Å². The van der Waals surface area contributed by atoms with Crippen LogP contribution in [0.4, 0.5) is 0 Å². The van der Waals surface area contributed by atoms with Gasteiger partial charge in [-0.25, -0.2) is 4.98 Å². The lowest BCUT2D eigenvalue weighted by atomic mass is 10.2. The highest BCUT2D eigenvalue weighted by atomic mass is 16.3. The molecule has 0 saturated heterocycles. The van der Waals surface area contributed by atoms with Crippen LogP contribution < -0.4 is 5.11 Å². The molecule has 3 rings (SSSR count). The van der Waals surface area contributed by atoms with Crippen LogP contribution in [0.2, 0.25) is 0 Å². The smallest absolute Gasteiger partial charge is 0.226 e. The van der Waals surface area contributed by atoms with E-state index in [1.807, 2.05) is 18.2 Å². The fourth-order valence-corrected chi connectivity index (χ4v) is 1.56. The minimum absolute atomic E-state index is 0.0687. The molecule has 0 amide bonds. The number of rotatable bonds is 0. The summed E-state index contributed by atoms with van der Waals surface area (Å²) in [5.74, 6) is -0.0687. The first-order valence-corrected chi connectivity index (χ1v) is 4.28. The van der Waals surface area contributed by atoms with Gasteiger partial charge in [0.1, 0.15) is 0 Å². The first kappa shape index (κ1) is 7.38. The Morgan fingerprint density at radius 2 is 2.07 bits per heavy atom. The van der Waals surface area contributed by atoms with E-state index >= 15 is 0 Å². The molecule has 0 atom stereocenters. The Hall–Kier alpha value is -2.03. The average Bonchev–Trinajstić information content (AvgIpc) is 2.62. The molecule has 3 heteroatoms. The molecule has 2 heterocycles. The predicted molar refractivity (Wildman–Crippen MR) is 51.0 cm³/mol. The monoisotopic (exact) mass is 184 g/mol.